The van der Waals surface area contributed by atoms with Crippen molar-refractivity contribution < 1.29 is 9.53 Å². The van der Waals surface area contributed by atoms with E-state index in [2.05, 4.69) is 27.1 Å². The first kappa shape index (κ1) is 18.4. The Hall–Kier alpha value is -3.41. The lowest BCUT2D eigenvalue weighted by molar-refractivity contribution is 0.0602. The molecule has 0 saturated carbocycles. The van der Waals surface area contributed by atoms with Gasteiger partial charge in [-0.2, -0.15) is 0 Å². The summed E-state index contributed by atoms with van der Waals surface area (Å²) < 4.78 is 4.86. The monoisotopic (exact) mass is 362 g/mol. The van der Waals surface area contributed by atoms with Gasteiger partial charge in [0, 0.05) is 18.3 Å². The Bertz CT molecular complexity index is 928. The number of benzene rings is 2. The Kier molecular flexibility index (Phi) is 5.66. The Morgan fingerprint density at radius 1 is 1.07 bits per heavy atom. The number of carbonyl (C=O) groups excluding carboxylic acids is 1. The lowest BCUT2D eigenvalue weighted by Gasteiger charge is -2.23. The van der Waals surface area contributed by atoms with E-state index in [-0.39, 0.29) is 0 Å². The first-order valence-electron chi connectivity index (χ1n) is 8.75. The van der Waals surface area contributed by atoms with E-state index in [1.165, 1.54) is 7.11 Å². The molecule has 6 heteroatoms. The van der Waals surface area contributed by atoms with Gasteiger partial charge in [-0.3, -0.25) is 0 Å². The summed E-state index contributed by atoms with van der Waals surface area (Å²) in [5, 5.41) is 3.22. The highest BCUT2D eigenvalue weighted by molar-refractivity contribution is 5.96. The van der Waals surface area contributed by atoms with Crippen molar-refractivity contribution in [2.24, 2.45) is 0 Å². The number of methoxy groups -OCH3 is 1. The number of aryl methyl sites for hydroxylation is 1. The normalized spacial score (nSPS) is 10.3. The van der Waals surface area contributed by atoms with E-state index in [4.69, 9.17) is 4.74 Å². The van der Waals surface area contributed by atoms with Crippen LogP contribution in [0, 0.1) is 6.92 Å². The maximum Gasteiger partial charge on any atom is 0.339 e. The van der Waals surface area contributed by atoms with Crippen molar-refractivity contribution in [3.05, 3.63) is 72.1 Å². The summed E-state index contributed by atoms with van der Waals surface area (Å²) in [7, 11) is 1.37. The van der Waals surface area contributed by atoms with Crippen LogP contribution in [-0.2, 0) is 4.74 Å². The number of rotatable bonds is 6. The molecule has 1 aromatic heterocycles. The van der Waals surface area contributed by atoms with Gasteiger partial charge < -0.3 is 15.0 Å². The van der Waals surface area contributed by atoms with E-state index in [1.807, 2.05) is 55.5 Å². The average Bonchev–Trinajstić information content (AvgIpc) is 2.69. The minimum Gasteiger partial charge on any atom is -0.465 e. The molecular formula is C21H22N4O2. The van der Waals surface area contributed by atoms with E-state index < -0.39 is 5.97 Å². The highest BCUT2D eigenvalue weighted by Gasteiger charge is 2.14. The molecule has 0 fully saturated rings. The molecule has 0 spiro atoms. The molecule has 1 heterocycles. The number of para-hydroxylation sites is 2. The maximum absolute atomic E-state index is 12.0. The summed E-state index contributed by atoms with van der Waals surface area (Å²) in [5.74, 6) is 1.64. The third-order valence-corrected chi connectivity index (χ3v) is 4.08. The molecule has 0 aliphatic heterocycles. The SMILES string of the molecule is CCN(c1ccccc1)c1cc(Nc2ccccc2C(=O)OC)nc(C)n1. The van der Waals surface area contributed by atoms with Gasteiger partial charge in [0.25, 0.3) is 0 Å². The summed E-state index contributed by atoms with van der Waals surface area (Å²) in [5.41, 5.74) is 2.14. The highest BCUT2D eigenvalue weighted by atomic mass is 16.5. The predicted octanol–water partition coefficient (Wildman–Crippen LogP) is 4.47. The number of nitrogens with zero attached hydrogens (tertiary/aromatic N) is 3. The number of ether oxygens (including phenoxy) is 1. The molecule has 0 atom stereocenters. The summed E-state index contributed by atoms with van der Waals surface area (Å²) in [6.07, 6.45) is 0. The summed E-state index contributed by atoms with van der Waals surface area (Å²) in [4.78, 5) is 23.1. The van der Waals surface area contributed by atoms with E-state index >= 15 is 0 Å². The predicted molar refractivity (Wildman–Crippen MR) is 107 cm³/mol. The van der Waals surface area contributed by atoms with Crippen molar-refractivity contribution in [2.45, 2.75) is 13.8 Å². The van der Waals surface area contributed by atoms with E-state index in [0.29, 0.717) is 22.9 Å². The molecule has 138 valence electrons. The average molecular weight is 362 g/mol. The first-order valence-corrected chi connectivity index (χ1v) is 8.75. The molecule has 0 unspecified atom stereocenters. The first-order chi connectivity index (χ1) is 13.1. The number of nitrogens with one attached hydrogen (secondary N) is 1. The standard InChI is InChI=1S/C21H22N4O2/c1-4-25(16-10-6-5-7-11-16)20-14-19(22-15(2)23-20)24-18-13-9-8-12-17(18)21(26)27-3/h5-14H,4H2,1-3H3,(H,22,23,24). The fraction of sp³-hybridized carbons (Fsp3) is 0.190. The van der Waals surface area contributed by atoms with E-state index in [0.717, 1.165) is 18.1 Å². The molecule has 0 saturated heterocycles. The second-order valence-corrected chi connectivity index (χ2v) is 5.90. The van der Waals surface area contributed by atoms with Gasteiger partial charge in [0.1, 0.15) is 17.5 Å². The summed E-state index contributed by atoms with van der Waals surface area (Å²) in [6.45, 7) is 4.68. The Labute approximate surface area is 158 Å². The summed E-state index contributed by atoms with van der Waals surface area (Å²) in [6, 6.07) is 19.1. The molecule has 0 bridgehead atoms. The van der Waals surface area contributed by atoms with Crippen LogP contribution in [0.4, 0.5) is 23.0 Å². The molecule has 0 amide bonds. The van der Waals surface area contributed by atoms with Crippen LogP contribution in [0.3, 0.4) is 0 Å². The lowest BCUT2D eigenvalue weighted by atomic mass is 10.2. The smallest absolute Gasteiger partial charge is 0.339 e. The summed E-state index contributed by atoms with van der Waals surface area (Å²) >= 11 is 0. The molecule has 3 aromatic rings. The van der Waals surface area contributed by atoms with Crippen LogP contribution in [0.2, 0.25) is 0 Å². The quantitative estimate of drug-likeness (QED) is 0.653. The molecule has 0 aliphatic carbocycles. The minimum absolute atomic E-state index is 0.399. The van der Waals surface area contributed by atoms with Crippen molar-refractivity contribution in [3.63, 3.8) is 0 Å². The number of hydrogen-bond donors (Lipinski definition) is 1. The third-order valence-electron chi connectivity index (χ3n) is 4.08. The van der Waals surface area contributed by atoms with Crippen molar-refractivity contribution in [1.82, 2.24) is 9.97 Å². The fourth-order valence-corrected chi connectivity index (χ4v) is 2.86. The van der Waals surface area contributed by atoms with Crippen molar-refractivity contribution in [3.8, 4) is 0 Å². The number of hydrogen-bond acceptors (Lipinski definition) is 6. The lowest BCUT2D eigenvalue weighted by Crippen LogP contribution is -2.18. The Morgan fingerprint density at radius 3 is 2.48 bits per heavy atom. The minimum atomic E-state index is -0.399. The second kappa shape index (κ2) is 8.31. The van der Waals surface area contributed by atoms with Gasteiger partial charge in [0.05, 0.1) is 18.4 Å². The van der Waals surface area contributed by atoms with Crippen LogP contribution in [0.25, 0.3) is 0 Å². The Balaban J connectivity index is 1.96. The largest absolute Gasteiger partial charge is 0.465 e. The molecule has 3 rings (SSSR count). The van der Waals surface area contributed by atoms with Crippen molar-refractivity contribution in [1.29, 1.82) is 0 Å². The molecule has 0 radical (unpaired) electrons. The van der Waals surface area contributed by atoms with Gasteiger partial charge in [-0.1, -0.05) is 30.3 Å². The third kappa shape index (κ3) is 4.23. The molecule has 1 N–H and O–H groups in total. The molecule has 2 aromatic carbocycles. The van der Waals surface area contributed by atoms with E-state index in [1.54, 1.807) is 12.1 Å². The topological polar surface area (TPSA) is 67.4 Å². The molecule has 27 heavy (non-hydrogen) atoms. The van der Waals surface area contributed by atoms with Crippen LogP contribution in [-0.4, -0.2) is 29.6 Å². The van der Waals surface area contributed by atoms with E-state index in [9.17, 15) is 4.79 Å². The van der Waals surface area contributed by atoms with Crippen LogP contribution in [0.5, 0.6) is 0 Å². The molecular weight excluding hydrogens is 340 g/mol. The van der Waals surface area contributed by atoms with Gasteiger partial charge in [-0.05, 0) is 38.1 Å². The fourth-order valence-electron chi connectivity index (χ4n) is 2.86. The zero-order chi connectivity index (χ0) is 19.2. The van der Waals surface area contributed by atoms with Crippen LogP contribution >= 0.6 is 0 Å². The Morgan fingerprint density at radius 2 is 1.78 bits per heavy atom. The van der Waals surface area contributed by atoms with Crippen molar-refractivity contribution >= 4 is 29.0 Å². The van der Waals surface area contributed by atoms with Gasteiger partial charge in [0.15, 0.2) is 0 Å². The molecule has 0 aliphatic rings. The van der Waals surface area contributed by atoms with Gasteiger partial charge in [-0.15, -0.1) is 0 Å². The number of carbonyl (C=O) groups is 1. The van der Waals surface area contributed by atoms with Gasteiger partial charge >= 0.3 is 5.97 Å². The zero-order valence-electron chi connectivity index (χ0n) is 15.6. The maximum atomic E-state index is 12.0. The van der Waals surface area contributed by atoms with Crippen LogP contribution in [0.15, 0.2) is 60.7 Å². The van der Waals surface area contributed by atoms with Gasteiger partial charge in [-0.25, -0.2) is 14.8 Å². The zero-order valence-corrected chi connectivity index (χ0v) is 15.6. The highest BCUT2D eigenvalue weighted by Crippen LogP contribution is 2.27. The number of anilines is 4. The number of esters is 1. The van der Waals surface area contributed by atoms with Crippen molar-refractivity contribution in [2.75, 3.05) is 23.9 Å². The van der Waals surface area contributed by atoms with Crippen LogP contribution in [0.1, 0.15) is 23.1 Å². The molecule has 6 nitrogen and oxygen atoms in total. The van der Waals surface area contributed by atoms with Crippen LogP contribution < -0.4 is 10.2 Å². The van der Waals surface area contributed by atoms with Gasteiger partial charge in [0.2, 0.25) is 0 Å². The number of aromatic nitrogens is 2. The second-order valence-electron chi connectivity index (χ2n) is 5.90.